The molecule has 1 amide bonds. The second-order valence-corrected chi connectivity index (χ2v) is 7.55. The zero-order valence-corrected chi connectivity index (χ0v) is 11.9. The van der Waals surface area contributed by atoms with E-state index in [9.17, 15) is 13.2 Å². The van der Waals surface area contributed by atoms with E-state index in [1.165, 1.54) is 4.90 Å². The Hall–Kier alpha value is -0.780. The maximum atomic E-state index is 11.8. The highest BCUT2D eigenvalue weighted by molar-refractivity contribution is 8.14. The number of amides is 1. The molecule has 98 valence electrons. The van der Waals surface area contributed by atoms with Crippen molar-refractivity contribution in [1.29, 1.82) is 0 Å². The van der Waals surface area contributed by atoms with E-state index in [0.29, 0.717) is 10.7 Å². The third kappa shape index (κ3) is 2.63. The number of halogens is 2. The van der Waals surface area contributed by atoms with Crippen LogP contribution in [0.4, 0.5) is 5.69 Å². The Balaban J connectivity index is 2.30. The lowest BCUT2D eigenvalue weighted by atomic mass is 10.2. The number of hydrogen-bond donors (Lipinski definition) is 0. The molecule has 0 saturated carbocycles. The third-order valence-electron chi connectivity index (χ3n) is 2.94. The van der Waals surface area contributed by atoms with Crippen LogP contribution in [0.5, 0.6) is 0 Å². The molecule has 0 bridgehead atoms. The van der Waals surface area contributed by atoms with E-state index in [4.69, 9.17) is 22.3 Å². The van der Waals surface area contributed by atoms with E-state index < -0.39 is 14.3 Å². The van der Waals surface area contributed by atoms with Crippen molar-refractivity contribution in [2.45, 2.75) is 18.6 Å². The highest BCUT2D eigenvalue weighted by Gasteiger charge is 2.37. The Morgan fingerprint density at radius 2 is 2.06 bits per heavy atom. The topological polar surface area (TPSA) is 54.5 Å². The SMILES string of the molecule is Cc1cc(N2CC(S(=O)(=O)Cl)CC2=O)ccc1Cl. The summed E-state index contributed by atoms with van der Waals surface area (Å²) >= 11 is 5.90. The molecule has 7 heteroatoms. The van der Waals surface area contributed by atoms with E-state index >= 15 is 0 Å². The lowest BCUT2D eigenvalue weighted by molar-refractivity contribution is -0.117. The first-order chi connectivity index (χ1) is 8.29. The molecule has 1 aliphatic rings. The van der Waals surface area contributed by atoms with Gasteiger partial charge in [0.05, 0.1) is 0 Å². The molecule has 4 nitrogen and oxygen atoms in total. The molecule has 1 heterocycles. The summed E-state index contributed by atoms with van der Waals surface area (Å²) in [5.41, 5.74) is 1.48. The van der Waals surface area contributed by atoms with Gasteiger partial charge in [-0.1, -0.05) is 11.6 Å². The molecule has 2 rings (SSSR count). The molecule has 0 spiro atoms. The molecular formula is C11H11Cl2NO3S. The highest BCUT2D eigenvalue weighted by Crippen LogP contribution is 2.29. The maximum Gasteiger partial charge on any atom is 0.237 e. The molecular weight excluding hydrogens is 297 g/mol. The summed E-state index contributed by atoms with van der Waals surface area (Å²) < 4.78 is 22.5. The normalized spacial score (nSPS) is 20.5. The number of rotatable bonds is 2. The Bertz CT molecular complexity index is 600. The van der Waals surface area contributed by atoms with E-state index in [0.717, 1.165) is 5.56 Å². The van der Waals surface area contributed by atoms with Crippen LogP contribution in [-0.2, 0) is 13.8 Å². The Labute approximate surface area is 115 Å². The minimum atomic E-state index is -3.71. The van der Waals surface area contributed by atoms with Crippen LogP contribution in [0.3, 0.4) is 0 Å². The first kappa shape index (κ1) is 13.6. The quantitative estimate of drug-likeness (QED) is 0.788. The smallest absolute Gasteiger partial charge is 0.237 e. The zero-order chi connectivity index (χ0) is 13.5. The zero-order valence-electron chi connectivity index (χ0n) is 9.56. The van der Waals surface area contributed by atoms with Gasteiger partial charge < -0.3 is 4.90 Å². The summed E-state index contributed by atoms with van der Waals surface area (Å²) in [5, 5.41) is -0.241. The van der Waals surface area contributed by atoms with E-state index in [1.54, 1.807) is 18.2 Å². The lowest BCUT2D eigenvalue weighted by Crippen LogP contribution is -2.26. The molecule has 0 radical (unpaired) electrons. The van der Waals surface area contributed by atoms with Gasteiger partial charge in [-0.15, -0.1) is 0 Å². The molecule has 0 N–H and O–H groups in total. The van der Waals surface area contributed by atoms with Crippen LogP contribution in [0, 0.1) is 6.92 Å². The molecule has 1 unspecified atom stereocenters. The van der Waals surface area contributed by atoms with Crippen molar-refractivity contribution in [2.75, 3.05) is 11.4 Å². The standard InChI is InChI=1S/C11H11Cl2NO3S/c1-7-4-8(2-3-10(7)12)14-6-9(5-11(14)15)18(13,16)17/h2-4,9H,5-6H2,1H3. The number of carbonyl (C=O) groups is 1. The van der Waals surface area contributed by atoms with Gasteiger partial charge in [0.25, 0.3) is 0 Å². The molecule has 1 aromatic carbocycles. The number of carbonyl (C=O) groups excluding carboxylic acids is 1. The van der Waals surface area contributed by atoms with Crippen LogP contribution in [0.2, 0.25) is 5.02 Å². The molecule has 1 atom stereocenters. The first-order valence-electron chi connectivity index (χ1n) is 5.29. The summed E-state index contributed by atoms with van der Waals surface area (Å²) in [4.78, 5) is 13.2. The Morgan fingerprint density at radius 3 is 2.56 bits per heavy atom. The van der Waals surface area contributed by atoms with Gasteiger partial charge in [0.2, 0.25) is 15.0 Å². The average molecular weight is 308 g/mol. The van der Waals surface area contributed by atoms with E-state index in [-0.39, 0.29) is 18.9 Å². The Morgan fingerprint density at radius 1 is 1.39 bits per heavy atom. The molecule has 0 aromatic heterocycles. The van der Waals surface area contributed by atoms with Crippen LogP contribution in [0.25, 0.3) is 0 Å². The van der Waals surface area contributed by atoms with Gasteiger partial charge in [0.15, 0.2) is 0 Å². The maximum absolute atomic E-state index is 11.8. The van der Waals surface area contributed by atoms with Gasteiger partial charge in [-0.3, -0.25) is 4.79 Å². The van der Waals surface area contributed by atoms with Crippen molar-refractivity contribution in [1.82, 2.24) is 0 Å². The van der Waals surface area contributed by atoms with E-state index in [1.807, 2.05) is 6.92 Å². The number of anilines is 1. The summed E-state index contributed by atoms with van der Waals surface area (Å²) in [5.74, 6) is -0.244. The molecule has 18 heavy (non-hydrogen) atoms. The summed E-state index contributed by atoms with van der Waals surface area (Å²) in [6.07, 6.45) is -0.0759. The van der Waals surface area contributed by atoms with Crippen molar-refractivity contribution in [3.63, 3.8) is 0 Å². The number of aryl methyl sites for hydroxylation is 1. The summed E-state index contributed by atoms with van der Waals surface area (Å²) in [6, 6.07) is 5.13. The van der Waals surface area contributed by atoms with Crippen LogP contribution in [0.15, 0.2) is 18.2 Å². The van der Waals surface area contributed by atoms with E-state index in [2.05, 4.69) is 0 Å². The predicted molar refractivity (Wildman–Crippen MR) is 71.7 cm³/mol. The van der Waals surface area contributed by atoms with Crippen molar-refractivity contribution < 1.29 is 13.2 Å². The third-order valence-corrected chi connectivity index (χ3v) is 5.23. The van der Waals surface area contributed by atoms with Crippen molar-refractivity contribution in [3.05, 3.63) is 28.8 Å². The van der Waals surface area contributed by atoms with Gasteiger partial charge in [-0.05, 0) is 30.7 Å². The molecule has 0 aliphatic carbocycles. The van der Waals surface area contributed by atoms with Crippen LogP contribution in [0.1, 0.15) is 12.0 Å². The van der Waals surface area contributed by atoms with Gasteiger partial charge in [-0.25, -0.2) is 8.42 Å². The molecule has 1 aliphatic heterocycles. The van der Waals surface area contributed by atoms with Crippen LogP contribution in [-0.4, -0.2) is 26.1 Å². The average Bonchev–Trinajstić information content (AvgIpc) is 2.64. The van der Waals surface area contributed by atoms with Gasteiger partial charge in [0.1, 0.15) is 5.25 Å². The van der Waals surface area contributed by atoms with Gasteiger partial charge in [0, 0.05) is 34.4 Å². The second kappa shape index (κ2) is 4.72. The number of hydrogen-bond acceptors (Lipinski definition) is 3. The van der Waals surface area contributed by atoms with Gasteiger partial charge >= 0.3 is 0 Å². The minimum Gasteiger partial charge on any atom is -0.311 e. The van der Waals surface area contributed by atoms with Crippen molar-refractivity contribution in [2.24, 2.45) is 0 Å². The largest absolute Gasteiger partial charge is 0.311 e. The molecule has 1 fully saturated rings. The fourth-order valence-electron chi connectivity index (χ4n) is 1.91. The number of nitrogens with zero attached hydrogens (tertiary/aromatic N) is 1. The highest BCUT2D eigenvalue weighted by atomic mass is 35.7. The fourth-order valence-corrected chi connectivity index (χ4v) is 3.05. The Kier molecular flexibility index (Phi) is 3.58. The van der Waals surface area contributed by atoms with Crippen molar-refractivity contribution >= 4 is 42.9 Å². The van der Waals surface area contributed by atoms with Gasteiger partial charge in [-0.2, -0.15) is 0 Å². The monoisotopic (exact) mass is 307 g/mol. The van der Waals surface area contributed by atoms with Crippen molar-refractivity contribution in [3.8, 4) is 0 Å². The second-order valence-electron chi connectivity index (χ2n) is 4.24. The minimum absolute atomic E-state index is 0.0759. The van der Waals surface area contributed by atoms with Crippen LogP contribution < -0.4 is 4.90 Å². The fraction of sp³-hybridized carbons (Fsp3) is 0.364. The first-order valence-corrected chi connectivity index (χ1v) is 8.04. The van der Waals surface area contributed by atoms with Crippen LogP contribution >= 0.6 is 22.3 Å². The number of benzene rings is 1. The molecule has 1 saturated heterocycles. The summed E-state index contributed by atoms with van der Waals surface area (Å²) in [7, 11) is 1.58. The lowest BCUT2D eigenvalue weighted by Gasteiger charge is -2.17. The predicted octanol–water partition coefficient (Wildman–Crippen LogP) is 2.32. The summed E-state index contributed by atoms with van der Waals surface area (Å²) in [6.45, 7) is 1.91. The molecule has 1 aromatic rings.